The molecule has 0 atom stereocenters. The number of rotatable bonds is 5. The predicted molar refractivity (Wildman–Crippen MR) is 143 cm³/mol. The molecule has 0 aromatic heterocycles. The van der Waals surface area contributed by atoms with Gasteiger partial charge in [-0.05, 0) is 67.0 Å². The summed E-state index contributed by atoms with van der Waals surface area (Å²) in [6.45, 7) is 0. The largest absolute Gasteiger partial charge is 0.311 e. The Labute approximate surface area is 203 Å². The van der Waals surface area contributed by atoms with Crippen LogP contribution in [0.25, 0.3) is 6.08 Å². The average Bonchev–Trinajstić information content (AvgIpc) is 3.14. The molecular weight excluding hydrogens is 444 g/mol. The van der Waals surface area contributed by atoms with Gasteiger partial charge in [0, 0.05) is 22.8 Å². The Hall–Kier alpha value is -3.41. The Bertz CT molecular complexity index is 1220. The molecule has 0 N–H and O–H groups in total. The maximum absolute atomic E-state index is 13.0. The van der Waals surface area contributed by atoms with Crippen LogP contribution in [0.4, 0.5) is 17.1 Å². The summed E-state index contributed by atoms with van der Waals surface area (Å²) < 4.78 is 0.583. The van der Waals surface area contributed by atoms with Crippen LogP contribution in [0.3, 0.4) is 0 Å². The van der Waals surface area contributed by atoms with Crippen LogP contribution in [-0.2, 0) is 4.79 Å². The van der Waals surface area contributed by atoms with Gasteiger partial charge in [0.05, 0.1) is 4.91 Å². The molecule has 0 bridgehead atoms. The van der Waals surface area contributed by atoms with E-state index in [1.165, 1.54) is 11.8 Å². The zero-order chi connectivity index (χ0) is 22.6. The van der Waals surface area contributed by atoms with Gasteiger partial charge in [0.1, 0.15) is 0 Å². The minimum absolute atomic E-state index is 0.0536. The van der Waals surface area contributed by atoms with Crippen LogP contribution >= 0.6 is 24.0 Å². The van der Waals surface area contributed by atoms with Crippen LogP contribution in [0.5, 0.6) is 0 Å². The first-order valence-corrected chi connectivity index (χ1v) is 12.1. The lowest BCUT2D eigenvalue weighted by Gasteiger charge is -2.25. The lowest BCUT2D eigenvalue weighted by atomic mass is 10.1. The van der Waals surface area contributed by atoms with E-state index in [2.05, 4.69) is 53.5 Å². The SMILES string of the molecule is O=C1/C(=C/c2ccc(N(c3ccccc3)c3ccccc3)cc2)SC(=S)N1C1=CCCC=C1. The second-order valence-corrected chi connectivity index (χ2v) is 9.40. The topological polar surface area (TPSA) is 23.6 Å². The summed E-state index contributed by atoms with van der Waals surface area (Å²) >= 11 is 6.86. The summed E-state index contributed by atoms with van der Waals surface area (Å²) in [7, 11) is 0. The number of carbonyl (C=O) groups is 1. The fourth-order valence-corrected chi connectivity index (χ4v) is 5.23. The number of thiocarbonyl (C=S) groups is 1. The van der Waals surface area contributed by atoms with Gasteiger partial charge in [-0.3, -0.25) is 9.69 Å². The van der Waals surface area contributed by atoms with Gasteiger partial charge < -0.3 is 4.90 Å². The molecule has 162 valence electrons. The van der Waals surface area contributed by atoms with Crippen molar-refractivity contribution in [1.29, 1.82) is 0 Å². The highest BCUT2D eigenvalue weighted by Crippen LogP contribution is 2.37. The number of amides is 1. The summed E-state index contributed by atoms with van der Waals surface area (Å²) in [5, 5.41) is 0. The number of benzene rings is 3. The molecule has 1 heterocycles. The van der Waals surface area contributed by atoms with Crippen molar-refractivity contribution in [3.63, 3.8) is 0 Å². The van der Waals surface area contributed by atoms with Crippen molar-refractivity contribution in [2.24, 2.45) is 0 Å². The number of anilines is 3. The number of para-hydroxylation sites is 2. The third-order valence-electron chi connectivity index (χ3n) is 5.51. The minimum atomic E-state index is -0.0536. The van der Waals surface area contributed by atoms with E-state index >= 15 is 0 Å². The van der Waals surface area contributed by atoms with Gasteiger partial charge in [-0.2, -0.15) is 0 Å². The summed E-state index contributed by atoms with van der Waals surface area (Å²) in [6, 6.07) is 28.8. The van der Waals surface area contributed by atoms with Gasteiger partial charge in [-0.25, -0.2) is 0 Å². The van der Waals surface area contributed by atoms with E-state index in [4.69, 9.17) is 12.2 Å². The third kappa shape index (κ3) is 4.56. The van der Waals surface area contributed by atoms with Crippen molar-refractivity contribution < 1.29 is 4.79 Å². The van der Waals surface area contributed by atoms with E-state index in [9.17, 15) is 4.79 Å². The maximum atomic E-state index is 13.0. The molecule has 0 unspecified atom stereocenters. The fraction of sp³-hybridized carbons (Fsp3) is 0.0714. The van der Waals surface area contributed by atoms with E-state index in [-0.39, 0.29) is 5.91 Å². The van der Waals surface area contributed by atoms with Crippen molar-refractivity contribution >= 4 is 57.3 Å². The van der Waals surface area contributed by atoms with Crippen LogP contribution in [-0.4, -0.2) is 15.1 Å². The molecule has 0 spiro atoms. The summed E-state index contributed by atoms with van der Waals surface area (Å²) in [5.74, 6) is -0.0536. The zero-order valence-electron chi connectivity index (χ0n) is 17.9. The van der Waals surface area contributed by atoms with Gasteiger partial charge in [0.2, 0.25) is 0 Å². The van der Waals surface area contributed by atoms with Crippen molar-refractivity contribution in [1.82, 2.24) is 4.90 Å². The van der Waals surface area contributed by atoms with Crippen LogP contribution < -0.4 is 4.90 Å². The van der Waals surface area contributed by atoms with E-state index in [0.29, 0.717) is 9.23 Å². The molecule has 33 heavy (non-hydrogen) atoms. The molecule has 0 saturated carbocycles. The molecule has 1 fully saturated rings. The van der Waals surface area contributed by atoms with Gasteiger partial charge in [0.15, 0.2) is 4.32 Å². The predicted octanol–water partition coefficient (Wildman–Crippen LogP) is 7.59. The number of thioether (sulfide) groups is 1. The van der Waals surface area contributed by atoms with Gasteiger partial charge in [0.25, 0.3) is 5.91 Å². The van der Waals surface area contributed by atoms with Gasteiger partial charge in [-0.15, -0.1) is 0 Å². The first-order chi connectivity index (χ1) is 16.2. The lowest BCUT2D eigenvalue weighted by Crippen LogP contribution is -2.26. The molecule has 3 aromatic rings. The van der Waals surface area contributed by atoms with Crippen molar-refractivity contribution in [3.05, 3.63) is 119 Å². The Morgan fingerprint density at radius 1 is 0.818 bits per heavy atom. The summed E-state index contributed by atoms with van der Waals surface area (Å²) in [5.41, 5.74) is 5.07. The quantitative estimate of drug-likeness (QED) is 0.285. The molecule has 2 aliphatic rings. The lowest BCUT2D eigenvalue weighted by molar-refractivity contribution is -0.120. The molecule has 3 aromatic carbocycles. The van der Waals surface area contributed by atoms with E-state index in [0.717, 1.165) is 41.2 Å². The summed E-state index contributed by atoms with van der Waals surface area (Å²) in [6.07, 6.45) is 10.00. The zero-order valence-corrected chi connectivity index (χ0v) is 19.6. The molecule has 1 aliphatic carbocycles. The standard InChI is InChI=1S/C28H22N2OS2/c31-27-26(33-28(32)30(27)24-14-8-3-9-15-24)20-21-16-18-25(19-17-21)29(22-10-4-1-5-11-22)23-12-6-2-7-13-23/h1-2,4-8,10-20H,3,9H2/b26-20-. The Kier molecular flexibility index (Phi) is 6.24. The molecule has 1 saturated heterocycles. The molecule has 0 radical (unpaired) electrons. The molecule has 1 amide bonds. The van der Waals surface area contributed by atoms with E-state index in [1.807, 2.05) is 60.7 Å². The van der Waals surface area contributed by atoms with Crippen molar-refractivity contribution in [3.8, 4) is 0 Å². The van der Waals surface area contributed by atoms with E-state index in [1.54, 1.807) is 4.90 Å². The molecule has 3 nitrogen and oxygen atoms in total. The highest BCUT2D eigenvalue weighted by atomic mass is 32.2. The van der Waals surface area contributed by atoms with Crippen LogP contribution in [0.1, 0.15) is 18.4 Å². The number of allylic oxidation sites excluding steroid dienone is 3. The molecular formula is C28H22N2OS2. The maximum Gasteiger partial charge on any atom is 0.270 e. The van der Waals surface area contributed by atoms with Gasteiger partial charge in [-0.1, -0.05) is 84.7 Å². The first-order valence-electron chi connectivity index (χ1n) is 10.9. The number of nitrogens with zero attached hydrogens (tertiary/aromatic N) is 2. The monoisotopic (exact) mass is 466 g/mol. The average molecular weight is 467 g/mol. The highest BCUT2D eigenvalue weighted by molar-refractivity contribution is 8.26. The van der Waals surface area contributed by atoms with E-state index < -0.39 is 0 Å². The Balaban J connectivity index is 1.43. The minimum Gasteiger partial charge on any atom is -0.311 e. The van der Waals surface area contributed by atoms with Crippen molar-refractivity contribution in [2.75, 3.05) is 4.90 Å². The van der Waals surface area contributed by atoms with Crippen LogP contribution in [0, 0.1) is 0 Å². The third-order valence-corrected chi connectivity index (χ3v) is 6.81. The van der Waals surface area contributed by atoms with Crippen molar-refractivity contribution in [2.45, 2.75) is 12.8 Å². The molecule has 5 heteroatoms. The molecule has 1 aliphatic heterocycles. The smallest absolute Gasteiger partial charge is 0.270 e. The normalized spacial score (nSPS) is 16.9. The van der Waals surface area contributed by atoms with Crippen LogP contribution in [0.2, 0.25) is 0 Å². The summed E-state index contributed by atoms with van der Waals surface area (Å²) in [4.78, 5) is 17.5. The number of hydrogen-bond donors (Lipinski definition) is 0. The number of carbonyl (C=O) groups excluding carboxylic acids is 1. The Morgan fingerprint density at radius 3 is 2.00 bits per heavy atom. The number of hydrogen-bond acceptors (Lipinski definition) is 4. The highest BCUT2D eigenvalue weighted by Gasteiger charge is 2.34. The Morgan fingerprint density at radius 2 is 1.42 bits per heavy atom. The van der Waals surface area contributed by atoms with Crippen LogP contribution in [0.15, 0.2) is 114 Å². The molecule has 5 rings (SSSR count). The first kappa shape index (κ1) is 21.4. The van der Waals surface area contributed by atoms with Gasteiger partial charge >= 0.3 is 0 Å². The second kappa shape index (κ2) is 9.61. The fourth-order valence-electron chi connectivity index (χ4n) is 3.93. The second-order valence-electron chi connectivity index (χ2n) is 7.72.